The predicted octanol–water partition coefficient (Wildman–Crippen LogP) is 3.96. The van der Waals surface area contributed by atoms with E-state index in [4.69, 9.17) is 4.98 Å². The van der Waals surface area contributed by atoms with Gasteiger partial charge in [0.1, 0.15) is 5.65 Å². The van der Waals surface area contributed by atoms with Gasteiger partial charge in [0.2, 0.25) is 0 Å². The van der Waals surface area contributed by atoms with Crippen LogP contribution in [0.4, 0.5) is 0 Å². The Balaban J connectivity index is 2.02. The van der Waals surface area contributed by atoms with E-state index in [1.165, 1.54) is 5.56 Å². The van der Waals surface area contributed by atoms with Crippen LogP contribution in [-0.4, -0.2) is 15.2 Å². The summed E-state index contributed by atoms with van der Waals surface area (Å²) in [5.41, 5.74) is 3.93. The summed E-state index contributed by atoms with van der Waals surface area (Å²) in [6.45, 7) is 0. The highest BCUT2D eigenvalue weighted by Crippen LogP contribution is 2.40. The number of hydrogen-bond donors (Lipinski definition) is 0. The van der Waals surface area contributed by atoms with Crippen LogP contribution in [0.1, 0.15) is 46.9 Å². The summed E-state index contributed by atoms with van der Waals surface area (Å²) < 4.78 is 2.02. The van der Waals surface area contributed by atoms with E-state index in [9.17, 15) is 4.79 Å². The maximum Gasteiger partial charge on any atom is 0.180 e. The molecule has 0 aliphatic heterocycles. The molecule has 0 N–H and O–H groups in total. The molecule has 0 saturated heterocycles. The van der Waals surface area contributed by atoms with Crippen molar-refractivity contribution in [1.29, 1.82) is 0 Å². The Morgan fingerprint density at radius 1 is 1.24 bits per heavy atom. The normalized spacial score (nSPS) is 20.2. The highest BCUT2D eigenvalue weighted by Gasteiger charge is 2.32. The third-order valence-corrected chi connectivity index (χ3v) is 4.78. The lowest BCUT2D eigenvalue weighted by atomic mass is 9.79. The van der Waals surface area contributed by atoms with Crippen molar-refractivity contribution in [3.63, 3.8) is 0 Å². The Labute approximate surface area is 121 Å². The maximum atomic E-state index is 12.5. The standard InChI is InChI=1S/C18H14N2O/c21-15-9-8-11-5-3-7-14-16(11)17(15)20-10-12-4-1-2-6-13(12)18(20)19-14/h1-4,6-7,10-11H,5,8-9H2. The van der Waals surface area contributed by atoms with E-state index in [2.05, 4.69) is 30.5 Å². The minimum Gasteiger partial charge on any atom is -0.297 e. The van der Waals surface area contributed by atoms with Crippen LogP contribution in [0, 0.1) is 0 Å². The number of nitrogens with zero attached hydrogens (tertiary/aromatic N) is 2. The van der Waals surface area contributed by atoms with E-state index in [1.54, 1.807) is 0 Å². The molecular weight excluding hydrogens is 260 g/mol. The summed E-state index contributed by atoms with van der Waals surface area (Å²) in [7, 11) is 0. The molecule has 0 spiro atoms. The maximum absolute atomic E-state index is 12.5. The first kappa shape index (κ1) is 11.3. The number of carbonyl (C=O) groups excluding carboxylic acids is 1. The second-order valence-electron chi connectivity index (χ2n) is 5.97. The van der Waals surface area contributed by atoms with Crippen molar-refractivity contribution in [1.82, 2.24) is 9.38 Å². The van der Waals surface area contributed by atoms with Gasteiger partial charge in [-0.3, -0.25) is 9.20 Å². The molecule has 2 aliphatic carbocycles. The molecule has 5 rings (SSSR count). The van der Waals surface area contributed by atoms with Gasteiger partial charge in [-0.2, -0.15) is 0 Å². The summed E-state index contributed by atoms with van der Waals surface area (Å²) in [6.07, 6.45) is 8.97. The Morgan fingerprint density at radius 2 is 2.14 bits per heavy atom. The number of hydrogen-bond acceptors (Lipinski definition) is 2. The number of fused-ring (bicyclic) bond motifs is 4. The van der Waals surface area contributed by atoms with Crippen LogP contribution in [0.3, 0.4) is 0 Å². The molecule has 0 radical (unpaired) electrons. The Hall–Kier alpha value is -2.42. The van der Waals surface area contributed by atoms with Crippen LogP contribution in [0.2, 0.25) is 0 Å². The van der Waals surface area contributed by atoms with Gasteiger partial charge in [-0.1, -0.05) is 30.3 Å². The molecule has 0 saturated carbocycles. The first-order valence-electron chi connectivity index (χ1n) is 7.46. The molecule has 0 fully saturated rings. The van der Waals surface area contributed by atoms with Gasteiger partial charge in [0, 0.05) is 29.0 Å². The zero-order chi connectivity index (χ0) is 14.0. The van der Waals surface area contributed by atoms with Crippen molar-refractivity contribution in [3.05, 3.63) is 53.5 Å². The molecule has 2 heterocycles. The molecule has 3 nitrogen and oxygen atoms in total. The quantitative estimate of drug-likeness (QED) is 0.621. The number of Topliss-reactive ketones (excluding diaryl/α,β-unsaturated/α-hetero) is 1. The van der Waals surface area contributed by atoms with Crippen LogP contribution in [0.25, 0.3) is 22.5 Å². The minimum absolute atomic E-state index is 0.255. The Morgan fingerprint density at radius 3 is 3.10 bits per heavy atom. The molecule has 2 aromatic heterocycles. The second kappa shape index (κ2) is 3.82. The number of aromatic nitrogens is 2. The van der Waals surface area contributed by atoms with Crippen LogP contribution in [0.15, 0.2) is 36.5 Å². The van der Waals surface area contributed by atoms with Crippen molar-refractivity contribution in [2.45, 2.75) is 25.2 Å². The molecule has 102 valence electrons. The first-order chi connectivity index (χ1) is 10.3. The van der Waals surface area contributed by atoms with Crippen LogP contribution in [-0.2, 0) is 0 Å². The average molecular weight is 274 g/mol. The van der Waals surface area contributed by atoms with E-state index in [-0.39, 0.29) is 5.78 Å². The number of benzene rings is 1. The van der Waals surface area contributed by atoms with Gasteiger partial charge in [-0.25, -0.2) is 4.98 Å². The molecular formula is C18H14N2O. The molecule has 2 aliphatic rings. The zero-order valence-corrected chi connectivity index (χ0v) is 11.5. The van der Waals surface area contributed by atoms with Gasteiger partial charge in [0.15, 0.2) is 5.78 Å². The van der Waals surface area contributed by atoms with Crippen LogP contribution in [0.5, 0.6) is 0 Å². The Kier molecular flexibility index (Phi) is 2.05. The van der Waals surface area contributed by atoms with Gasteiger partial charge >= 0.3 is 0 Å². The molecule has 1 unspecified atom stereocenters. The molecule has 1 atom stereocenters. The van der Waals surface area contributed by atoms with Crippen molar-refractivity contribution in [2.75, 3.05) is 0 Å². The highest BCUT2D eigenvalue weighted by molar-refractivity contribution is 6.03. The lowest BCUT2D eigenvalue weighted by Gasteiger charge is -2.28. The van der Waals surface area contributed by atoms with E-state index in [1.807, 2.05) is 16.5 Å². The third kappa shape index (κ3) is 1.38. The minimum atomic E-state index is 0.255. The Bertz CT molecular complexity index is 949. The van der Waals surface area contributed by atoms with Gasteiger partial charge in [-0.15, -0.1) is 0 Å². The highest BCUT2D eigenvalue weighted by atomic mass is 16.1. The van der Waals surface area contributed by atoms with Crippen LogP contribution >= 0.6 is 0 Å². The van der Waals surface area contributed by atoms with E-state index < -0.39 is 0 Å². The summed E-state index contributed by atoms with van der Waals surface area (Å²) in [5, 5.41) is 2.26. The third-order valence-electron chi connectivity index (χ3n) is 4.78. The summed E-state index contributed by atoms with van der Waals surface area (Å²) >= 11 is 0. The van der Waals surface area contributed by atoms with Gasteiger partial charge in [0.25, 0.3) is 0 Å². The lowest BCUT2D eigenvalue weighted by molar-refractivity contribution is 0.0959. The van der Waals surface area contributed by atoms with E-state index in [0.29, 0.717) is 12.3 Å². The SMILES string of the molecule is O=C1CCC2CC=Cc3nc4c5ccccc5cn4c1c32. The van der Waals surface area contributed by atoms with Crippen molar-refractivity contribution < 1.29 is 4.79 Å². The fraction of sp³-hybridized carbons (Fsp3) is 0.222. The average Bonchev–Trinajstić information content (AvgIpc) is 2.88. The topological polar surface area (TPSA) is 34.4 Å². The largest absolute Gasteiger partial charge is 0.297 e. The van der Waals surface area contributed by atoms with Gasteiger partial charge in [0.05, 0.1) is 11.4 Å². The fourth-order valence-electron chi connectivity index (χ4n) is 3.81. The predicted molar refractivity (Wildman–Crippen MR) is 82.7 cm³/mol. The van der Waals surface area contributed by atoms with Crippen LogP contribution < -0.4 is 0 Å². The number of ketones is 1. The monoisotopic (exact) mass is 274 g/mol. The first-order valence-corrected chi connectivity index (χ1v) is 7.46. The molecule has 3 heteroatoms. The molecule has 21 heavy (non-hydrogen) atoms. The summed E-state index contributed by atoms with van der Waals surface area (Å²) in [4.78, 5) is 17.4. The lowest BCUT2D eigenvalue weighted by Crippen LogP contribution is -2.22. The van der Waals surface area contributed by atoms with Gasteiger partial charge in [-0.05, 0) is 24.8 Å². The molecule has 1 aromatic carbocycles. The van der Waals surface area contributed by atoms with Crippen molar-refractivity contribution in [3.8, 4) is 0 Å². The number of allylic oxidation sites excluding steroid dienone is 1. The smallest absolute Gasteiger partial charge is 0.180 e. The second-order valence-corrected chi connectivity index (χ2v) is 5.97. The summed E-state index contributed by atoms with van der Waals surface area (Å²) in [5.74, 6) is 0.714. The molecule has 0 amide bonds. The number of carbonyl (C=O) groups is 1. The van der Waals surface area contributed by atoms with E-state index in [0.717, 1.165) is 40.6 Å². The zero-order valence-electron chi connectivity index (χ0n) is 11.5. The van der Waals surface area contributed by atoms with Crippen molar-refractivity contribution >= 4 is 28.3 Å². The number of rotatable bonds is 0. The van der Waals surface area contributed by atoms with E-state index >= 15 is 0 Å². The summed E-state index contributed by atoms with van der Waals surface area (Å²) in [6, 6.07) is 8.21. The molecule has 3 aromatic rings. The fourth-order valence-corrected chi connectivity index (χ4v) is 3.81. The molecule has 0 bridgehead atoms. The van der Waals surface area contributed by atoms with Crippen molar-refractivity contribution in [2.24, 2.45) is 0 Å². The van der Waals surface area contributed by atoms with Gasteiger partial charge < -0.3 is 0 Å².